The normalized spacial score (nSPS) is 12.4. The highest BCUT2D eigenvalue weighted by molar-refractivity contribution is 8.07. The maximum atomic E-state index is 11.1. The highest BCUT2D eigenvalue weighted by Gasteiger charge is 2.21. The van der Waals surface area contributed by atoms with Crippen molar-refractivity contribution >= 4 is 28.5 Å². The molecule has 1 aromatic carbocycles. The Morgan fingerprint density at radius 2 is 1.63 bits per heavy atom. The summed E-state index contributed by atoms with van der Waals surface area (Å²) in [6, 6.07) is 5.59. The lowest BCUT2D eigenvalue weighted by Gasteiger charge is -2.21. The van der Waals surface area contributed by atoms with Crippen LogP contribution in [0.15, 0.2) is 29.2 Å². The van der Waals surface area contributed by atoms with Crippen LogP contribution in [0.3, 0.4) is 0 Å². The van der Waals surface area contributed by atoms with Gasteiger partial charge in [-0.1, -0.05) is 0 Å². The third-order valence-corrected chi connectivity index (χ3v) is 5.31. The summed E-state index contributed by atoms with van der Waals surface area (Å²) in [6.07, 6.45) is 0. The van der Waals surface area contributed by atoms with E-state index in [9.17, 15) is 8.42 Å². The van der Waals surface area contributed by atoms with E-state index in [0.29, 0.717) is 19.0 Å². The molecule has 2 N–H and O–H groups in total. The molecule has 0 fully saturated rings. The minimum absolute atomic E-state index is 0.000900. The summed E-state index contributed by atoms with van der Waals surface area (Å²) in [5.74, 6) is 0.373. The lowest BCUT2D eigenvalue weighted by atomic mass is 10.3. The number of rotatable bonds is 7. The minimum Gasteiger partial charge on any atom is -0.424 e. The Labute approximate surface area is 118 Å². The van der Waals surface area contributed by atoms with Gasteiger partial charge in [-0.15, -0.1) is 0 Å². The molecule has 0 heterocycles. The molecule has 19 heavy (non-hydrogen) atoms. The molecule has 0 aliphatic heterocycles. The van der Waals surface area contributed by atoms with Gasteiger partial charge < -0.3 is 4.52 Å². The maximum Gasteiger partial charge on any atom is 0.380 e. The van der Waals surface area contributed by atoms with E-state index in [2.05, 4.69) is 0 Å². The fourth-order valence-electron chi connectivity index (χ4n) is 1.23. The molecule has 0 saturated carbocycles. The van der Waals surface area contributed by atoms with Crippen molar-refractivity contribution in [2.45, 2.75) is 18.7 Å². The molecule has 1 rings (SSSR count). The average molecular weight is 325 g/mol. The Bertz CT molecular complexity index is 548. The molecule has 1 aromatic rings. The molecular formula is C10H16NO5PS2. The molecule has 0 spiro atoms. The Morgan fingerprint density at radius 3 is 2.00 bits per heavy atom. The number of hydrogen-bond acceptors (Lipinski definition) is 6. The number of sulfonamides is 1. The molecule has 0 atom stereocenters. The molecule has 0 saturated heterocycles. The molecule has 6 nitrogen and oxygen atoms in total. The van der Waals surface area contributed by atoms with Gasteiger partial charge >= 0.3 is 6.72 Å². The van der Waals surface area contributed by atoms with Gasteiger partial charge in [0.25, 0.3) is 0 Å². The van der Waals surface area contributed by atoms with Crippen molar-refractivity contribution in [1.82, 2.24) is 0 Å². The van der Waals surface area contributed by atoms with Crippen molar-refractivity contribution in [3.05, 3.63) is 24.3 Å². The van der Waals surface area contributed by atoms with E-state index in [4.69, 9.17) is 30.5 Å². The topological polar surface area (TPSA) is 87.8 Å². The third kappa shape index (κ3) is 5.18. The third-order valence-electron chi connectivity index (χ3n) is 1.94. The number of nitrogens with two attached hydrogens (primary N) is 1. The van der Waals surface area contributed by atoms with Gasteiger partial charge in [0.2, 0.25) is 10.0 Å². The molecule has 0 bridgehead atoms. The van der Waals surface area contributed by atoms with Crippen molar-refractivity contribution < 1.29 is 22.0 Å². The molecule has 0 aliphatic carbocycles. The second-order valence-corrected chi connectivity index (χ2v) is 7.89. The van der Waals surface area contributed by atoms with E-state index < -0.39 is 16.7 Å². The lowest BCUT2D eigenvalue weighted by molar-refractivity contribution is 0.218. The first-order chi connectivity index (χ1) is 8.80. The van der Waals surface area contributed by atoms with E-state index >= 15 is 0 Å². The first kappa shape index (κ1) is 16.6. The molecular weight excluding hydrogens is 309 g/mol. The van der Waals surface area contributed by atoms with Gasteiger partial charge in [-0.3, -0.25) is 9.05 Å². The molecule has 9 heteroatoms. The Hall–Kier alpha value is -0.500. The SMILES string of the molecule is CCOP(=S)(OCC)Oc1ccc(S(N)(=O)=O)cc1. The molecule has 0 aliphatic rings. The van der Waals surface area contributed by atoms with Gasteiger partial charge in [-0.25, -0.2) is 13.6 Å². The van der Waals surface area contributed by atoms with Gasteiger partial charge in [0.05, 0.1) is 18.1 Å². The molecule has 0 aromatic heterocycles. The largest absolute Gasteiger partial charge is 0.424 e. The summed E-state index contributed by atoms with van der Waals surface area (Å²) in [5.41, 5.74) is 0. The van der Waals surface area contributed by atoms with Crippen LogP contribution in [0.25, 0.3) is 0 Å². The van der Waals surface area contributed by atoms with Crippen molar-refractivity contribution in [3.8, 4) is 5.75 Å². The summed E-state index contributed by atoms with van der Waals surface area (Å²) in [7, 11) is -3.72. The first-order valence-electron chi connectivity index (χ1n) is 5.52. The highest BCUT2D eigenvalue weighted by Crippen LogP contribution is 2.49. The van der Waals surface area contributed by atoms with Gasteiger partial charge in [0.1, 0.15) is 5.75 Å². The Balaban J connectivity index is 2.90. The van der Waals surface area contributed by atoms with Crippen LogP contribution < -0.4 is 9.66 Å². The second kappa shape index (κ2) is 6.78. The van der Waals surface area contributed by atoms with Gasteiger partial charge in [-0.2, -0.15) is 0 Å². The predicted molar refractivity (Wildman–Crippen MR) is 76.0 cm³/mol. The Morgan fingerprint density at radius 1 is 1.16 bits per heavy atom. The fraction of sp³-hybridized carbons (Fsp3) is 0.400. The van der Waals surface area contributed by atoms with Crippen molar-refractivity contribution in [2.24, 2.45) is 5.14 Å². The summed E-state index contributed by atoms with van der Waals surface area (Å²) in [4.78, 5) is 0.000900. The first-order valence-corrected chi connectivity index (χ1v) is 9.62. The summed E-state index contributed by atoms with van der Waals surface area (Å²) in [6.45, 7) is 1.46. The van der Waals surface area contributed by atoms with Crippen LogP contribution in [-0.2, 0) is 30.9 Å². The van der Waals surface area contributed by atoms with E-state index in [-0.39, 0.29) is 4.90 Å². The molecule has 0 radical (unpaired) electrons. The lowest BCUT2D eigenvalue weighted by Crippen LogP contribution is -2.11. The summed E-state index contributed by atoms with van der Waals surface area (Å²) in [5, 5.41) is 5.00. The van der Waals surface area contributed by atoms with Gasteiger partial charge in [0, 0.05) is 11.8 Å². The number of hydrogen-bond donors (Lipinski definition) is 1. The van der Waals surface area contributed by atoms with Crippen LogP contribution in [0.2, 0.25) is 0 Å². The monoisotopic (exact) mass is 325 g/mol. The standard InChI is InChI=1S/C10H16NO5PS2/c1-3-14-17(18,15-4-2)16-9-5-7-10(8-6-9)19(11,12)13/h5-8H,3-4H2,1-2H3,(H2,11,12,13). The smallest absolute Gasteiger partial charge is 0.380 e. The summed E-state index contributed by atoms with van der Waals surface area (Å²) < 4.78 is 38.3. The van der Waals surface area contributed by atoms with E-state index in [0.717, 1.165) is 0 Å². The van der Waals surface area contributed by atoms with E-state index in [1.54, 1.807) is 13.8 Å². The van der Waals surface area contributed by atoms with Crippen molar-refractivity contribution in [3.63, 3.8) is 0 Å². The van der Waals surface area contributed by atoms with Crippen LogP contribution in [-0.4, -0.2) is 21.6 Å². The number of benzene rings is 1. The minimum atomic E-state index is -3.72. The Kier molecular flexibility index (Phi) is 5.91. The second-order valence-electron chi connectivity index (χ2n) is 3.39. The van der Waals surface area contributed by atoms with Crippen LogP contribution in [0.4, 0.5) is 0 Å². The van der Waals surface area contributed by atoms with Crippen molar-refractivity contribution in [1.29, 1.82) is 0 Å². The molecule has 0 amide bonds. The zero-order chi connectivity index (χ0) is 14.5. The predicted octanol–water partition coefficient (Wildman–Crippen LogP) is 2.01. The average Bonchev–Trinajstić information content (AvgIpc) is 2.28. The van der Waals surface area contributed by atoms with E-state index in [1.807, 2.05) is 0 Å². The van der Waals surface area contributed by atoms with Crippen LogP contribution >= 0.6 is 6.72 Å². The van der Waals surface area contributed by atoms with Crippen LogP contribution in [0.5, 0.6) is 5.75 Å². The fourth-order valence-corrected chi connectivity index (χ4v) is 3.82. The van der Waals surface area contributed by atoms with Crippen molar-refractivity contribution in [2.75, 3.05) is 13.2 Å². The zero-order valence-electron chi connectivity index (χ0n) is 10.6. The van der Waals surface area contributed by atoms with Gasteiger partial charge in [0.15, 0.2) is 0 Å². The number of primary sulfonamides is 1. The quantitative estimate of drug-likeness (QED) is 0.772. The van der Waals surface area contributed by atoms with Gasteiger partial charge in [-0.05, 0) is 38.1 Å². The van der Waals surface area contributed by atoms with E-state index in [1.165, 1.54) is 24.3 Å². The van der Waals surface area contributed by atoms with Crippen LogP contribution in [0.1, 0.15) is 13.8 Å². The van der Waals surface area contributed by atoms with Crippen LogP contribution in [0, 0.1) is 0 Å². The zero-order valence-corrected chi connectivity index (χ0v) is 13.1. The molecule has 0 unspecified atom stereocenters. The maximum absolute atomic E-state index is 11.1. The summed E-state index contributed by atoms with van der Waals surface area (Å²) >= 11 is 5.19. The molecule has 108 valence electrons. The highest BCUT2D eigenvalue weighted by atomic mass is 32.5.